The van der Waals surface area contributed by atoms with Gasteiger partial charge in [0.25, 0.3) is 0 Å². The fourth-order valence-corrected chi connectivity index (χ4v) is 1.21. The van der Waals surface area contributed by atoms with E-state index in [1.165, 1.54) is 6.33 Å². The quantitative estimate of drug-likeness (QED) is 0.540. The molecule has 0 aliphatic carbocycles. The first kappa shape index (κ1) is 8.49. The molecule has 14 heavy (non-hydrogen) atoms. The highest BCUT2D eigenvalue weighted by Gasteiger charge is 2.08. The van der Waals surface area contributed by atoms with Crippen molar-refractivity contribution in [3.63, 3.8) is 0 Å². The highest BCUT2D eigenvalue weighted by atomic mass is 16.3. The molecule has 0 amide bonds. The molecule has 70 valence electrons. The van der Waals surface area contributed by atoms with Crippen LogP contribution >= 0.6 is 0 Å². The Hall–Kier alpha value is -2.11. The molecular formula is C8H7N5O. The summed E-state index contributed by atoms with van der Waals surface area (Å²) in [6.07, 6.45) is 4.59. The topological polar surface area (TPSA) is 73.0 Å². The minimum Gasteiger partial charge on any atom is -0.311 e. The minimum atomic E-state index is 0.0674. The second kappa shape index (κ2) is 3.33. The van der Waals surface area contributed by atoms with Gasteiger partial charge in [-0.25, -0.2) is 15.0 Å². The third-order valence-corrected chi connectivity index (χ3v) is 1.79. The summed E-state index contributed by atoms with van der Waals surface area (Å²) >= 11 is 0. The maximum absolute atomic E-state index is 10.4. The summed E-state index contributed by atoms with van der Waals surface area (Å²) in [5.41, 5.74) is 1.01. The monoisotopic (exact) mass is 189 g/mol. The zero-order chi connectivity index (χ0) is 9.97. The Kier molecular flexibility index (Phi) is 2.02. The normalized spacial score (nSPS) is 10.3. The molecule has 0 N–H and O–H groups in total. The Bertz CT molecular complexity index is 489. The maximum atomic E-state index is 10.4. The average molecular weight is 189 g/mol. The van der Waals surface area contributed by atoms with E-state index < -0.39 is 0 Å². The van der Waals surface area contributed by atoms with E-state index >= 15 is 0 Å². The van der Waals surface area contributed by atoms with Crippen molar-refractivity contribution in [1.82, 2.24) is 19.5 Å². The van der Waals surface area contributed by atoms with E-state index in [2.05, 4.69) is 26.7 Å². The van der Waals surface area contributed by atoms with Gasteiger partial charge in [-0.15, -0.1) is 11.5 Å². The van der Waals surface area contributed by atoms with Gasteiger partial charge in [0.05, 0.1) is 6.33 Å². The van der Waals surface area contributed by atoms with Crippen LogP contribution in [0, 0.1) is 4.91 Å². The molecule has 6 nitrogen and oxygen atoms in total. The van der Waals surface area contributed by atoms with Gasteiger partial charge in [-0.05, 0) is 5.18 Å². The smallest absolute Gasteiger partial charge is 0.227 e. The van der Waals surface area contributed by atoms with Gasteiger partial charge in [-0.3, -0.25) is 0 Å². The van der Waals surface area contributed by atoms with Crippen molar-refractivity contribution in [2.45, 2.75) is 6.54 Å². The zero-order valence-corrected chi connectivity index (χ0v) is 7.29. The van der Waals surface area contributed by atoms with Gasteiger partial charge in [-0.2, -0.15) is 0 Å². The Morgan fingerprint density at radius 1 is 1.50 bits per heavy atom. The SMILES string of the molecule is C=CCn1cnc2c(N=O)ncnc21. The molecule has 0 unspecified atom stereocenters. The van der Waals surface area contributed by atoms with E-state index in [0.717, 1.165) is 0 Å². The molecule has 0 aliphatic rings. The van der Waals surface area contributed by atoms with Crippen molar-refractivity contribution in [2.24, 2.45) is 5.18 Å². The van der Waals surface area contributed by atoms with Crippen molar-refractivity contribution in [1.29, 1.82) is 0 Å². The second-order valence-corrected chi connectivity index (χ2v) is 2.65. The molecule has 2 rings (SSSR count). The number of hydrogen-bond donors (Lipinski definition) is 0. The van der Waals surface area contributed by atoms with E-state index in [-0.39, 0.29) is 5.82 Å². The molecule has 0 atom stereocenters. The van der Waals surface area contributed by atoms with Gasteiger partial charge < -0.3 is 4.57 Å². The van der Waals surface area contributed by atoms with E-state index in [1.807, 2.05) is 0 Å². The number of allylic oxidation sites excluding steroid dienone is 1. The van der Waals surface area contributed by atoms with Crippen LogP contribution in [-0.4, -0.2) is 19.5 Å². The van der Waals surface area contributed by atoms with Crippen LogP contribution in [0.25, 0.3) is 11.2 Å². The first-order valence-corrected chi connectivity index (χ1v) is 3.97. The fraction of sp³-hybridized carbons (Fsp3) is 0.125. The molecule has 0 fully saturated rings. The highest BCUT2D eigenvalue weighted by molar-refractivity contribution is 5.80. The lowest BCUT2D eigenvalue weighted by atomic mass is 10.5. The molecule has 2 aromatic rings. The van der Waals surface area contributed by atoms with Crippen LogP contribution < -0.4 is 0 Å². The molecule has 2 heterocycles. The van der Waals surface area contributed by atoms with E-state index in [1.54, 1.807) is 17.0 Å². The Morgan fingerprint density at radius 2 is 2.36 bits per heavy atom. The average Bonchev–Trinajstić information content (AvgIpc) is 2.62. The maximum Gasteiger partial charge on any atom is 0.227 e. The molecule has 0 bridgehead atoms. The van der Waals surface area contributed by atoms with Gasteiger partial charge in [-0.1, -0.05) is 6.08 Å². The van der Waals surface area contributed by atoms with Crippen LogP contribution in [0.5, 0.6) is 0 Å². The van der Waals surface area contributed by atoms with E-state index in [4.69, 9.17) is 0 Å². The number of fused-ring (bicyclic) bond motifs is 1. The summed E-state index contributed by atoms with van der Waals surface area (Å²) in [6, 6.07) is 0. The first-order valence-electron chi connectivity index (χ1n) is 3.97. The number of imidazole rings is 1. The number of nitroso groups, excluding NO2 is 1. The van der Waals surface area contributed by atoms with Crippen molar-refractivity contribution in [2.75, 3.05) is 0 Å². The molecular weight excluding hydrogens is 182 g/mol. The number of rotatable bonds is 3. The largest absolute Gasteiger partial charge is 0.311 e. The van der Waals surface area contributed by atoms with Crippen molar-refractivity contribution in [3.8, 4) is 0 Å². The lowest BCUT2D eigenvalue weighted by molar-refractivity contribution is 0.838. The van der Waals surface area contributed by atoms with Gasteiger partial charge in [0, 0.05) is 6.54 Å². The van der Waals surface area contributed by atoms with Crippen molar-refractivity contribution >= 4 is 17.0 Å². The lowest BCUT2D eigenvalue weighted by Crippen LogP contribution is -1.94. The molecule has 6 heteroatoms. The van der Waals surface area contributed by atoms with Crippen LogP contribution in [0.2, 0.25) is 0 Å². The zero-order valence-electron chi connectivity index (χ0n) is 7.29. The number of hydrogen-bond acceptors (Lipinski definition) is 5. The molecule has 0 saturated carbocycles. The Labute approximate surface area is 79.3 Å². The summed E-state index contributed by atoms with van der Waals surface area (Å²) in [5.74, 6) is 0.0674. The van der Waals surface area contributed by atoms with Gasteiger partial charge in [0.2, 0.25) is 5.82 Å². The summed E-state index contributed by atoms with van der Waals surface area (Å²) in [7, 11) is 0. The summed E-state index contributed by atoms with van der Waals surface area (Å²) in [6.45, 7) is 4.20. The fourth-order valence-electron chi connectivity index (χ4n) is 1.21. The van der Waals surface area contributed by atoms with Crippen LogP contribution in [0.4, 0.5) is 5.82 Å². The van der Waals surface area contributed by atoms with Crippen LogP contribution in [0.3, 0.4) is 0 Å². The van der Waals surface area contributed by atoms with Crippen molar-refractivity contribution < 1.29 is 0 Å². The first-order chi connectivity index (χ1) is 6.86. The van der Waals surface area contributed by atoms with Crippen molar-refractivity contribution in [3.05, 3.63) is 30.2 Å². The highest BCUT2D eigenvalue weighted by Crippen LogP contribution is 2.19. The van der Waals surface area contributed by atoms with Crippen LogP contribution in [-0.2, 0) is 6.54 Å². The molecule has 0 aromatic carbocycles. The Morgan fingerprint density at radius 3 is 3.07 bits per heavy atom. The molecule has 0 aliphatic heterocycles. The number of nitrogens with zero attached hydrogens (tertiary/aromatic N) is 5. The molecule has 0 spiro atoms. The second-order valence-electron chi connectivity index (χ2n) is 2.65. The summed E-state index contributed by atoms with van der Waals surface area (Å²) < 4.78 is 1.76. The molecule has 0 saturated heterocycles. The summed E-state index contributed by atoms with van der Waals surface area (Å²) in [4.78, 5) is 22.1. The van der Waals surface area contributed by atoms with E-state index in [9.17, 15) is 4.91 Å². The summed E-state index contributed by atoms with van der Waals surface area (Å²) in [5, 5.41) is 2.77. The third-order valence-electron chi connectivity index (χ3n) is 1.79. The molecule has 0 radical (unpaired) electrons. The van der Waals surface area contributed by atoms with Crippen LogP contribution in [0.1, 0.15) is 0 Å². The van der Waals surface area contributed by atoms with Crippen LogP contribution in [0.15, 0.2) is 30.5 Å². The van der Waals surface area contributed by atoms with E-state index in [0.29, 0.717) is 17.7 Å². The lowest BCUT2D eigenvalue weighted by Gasteiger charge is -1.96. The standard InChI is InChI=1S/C8H7N5O/c1-2-3-13-5-11-6-7(12-14)9-4-10-8(6)13/h2,4-5H,1,3H2. The van der Waals surface area contributed by atoms with Gasteiger partial charge in [0.1, 0.15) is 6.33 Å². The Balaban J connectivity index is 2.68. The third kappa shape index (κ3) is 1.17. The van der Waals surface area contributed by atoms with Gasteiger partial charge >= 0.3 is 0 Å². The number of aromatic nitrogens is 4. The minimum absolute atomic E-state index is 0.0674. The molecule has 2 aromatic heterocycles. The van der Waals surface area contributed by atoms with Gasteiger partial charge in [0.15, 0.2) is 11.2 Å². The predicted molar refractivity (Wildman–Crippen MR) is 51.0 cm³/mol. The predicted octanol–water partition coefficient (Wildman–Crippen LogP) is 1.41.